The summed E-state index contributed by atoms with van der Waals surface area (Å²) in [6, 6.07) is 9.72. The normalized spacial score (nSPS) is 12.5. The molecule has 0 aliphatic heterocycles. The Morgan fingerprint density at radius 3 is 2.63 bits per heavy atom. The molecule has 0 radical (unpaired) electrons. The van der Waals surface area contributed by atoms with Gasteiger partial charge < -0.3 is 5.73 Å². The fourth-order valence-electron chi connectivity index (χ4n) is 1.84. The van der Waals surface area contributed by atoms with E-state index in [-0.39, 0.29) is 11.9 Å². The first kappa shape index (κ1) is 14.8. The zero-order valence-corrected chi connectivity index (χ0v) is 12.9. The highest BCUT2D eigenvalue weighted by Gasteiger charge is 2.14. The molecule has 0 bridgehead atoms. The number of hydrogen-bond donors (Lipinski definition) is 1. The topological polar surface area (TPSA) is 26.0 Å². The van der Waals surface area contributed by atoms with E-state index in [1.165, 1.54) is 6.07 Å². The Morgan fingerprint density at radius 2 is 1.95 bits per heavy atom. The number of halogens is 4. The second-order valence-electron chi connectivity index (χ2n) is 4.19. The van der Waals surface area contributed by atoms with Crippen molar-refractivity contribution in [2.45, 2.75) is 12.5 Å². The van der Waals surface area contributed by atoms with Crippen LogP contribution in [-0.4, -0.2) is 0 Å². The molecule has 2 aromatic carbocycles. The molecule has 0 aliphatic carbocycles. The van der Waals surface area contributed by atoms with Crippen LogP contribution in [0, 0.1) is 5.82 Å². The van der Waals surface area contributed by atoms with Crippen LogP contribution in [0.15, 0.2) is 40.9 Å². The second kappa shape index (κ2) is 6.23. The molecule has 2 aromatic rings. The van der Waals surface area contributed by atoms with Crippen molar-refractivity contribution in [1.82, 2.24) is 0 Å². The van der Waals surface area contributed by atoms with Gasteiger partial charge in [0.15, 0.2) is 0 Å². The molecule has 2 rings (SSSR count). The van der Waals surface area contributed by atoms with Crippen molar-refractivity contribution in [2.75, 3.05) is 0 Å². The van der Waals surface area contributed by atoms with E-state index in [0.717, 1.165) is 10.0 Å². The molecule has 1 atom stereocenters. The van der Waals surface area contributed by atoms with Crippen molar-refractivity contribution in [2.24, 2.45) is 5.73 Å². The van der Waals surface area contributed by atoms with Gasteiger partial charge in [0.1, 0.15) is 5.82 Å². The summed E-state index contributed by atoms with van der Waals surface area (Å²) in [5.41, 5.74) is 7.40. The van der Waals surface area contributed by atoms with Crippen LogP contribution in [-0.2, 0) is 6.42 Å². The maximum Gasteiger partial charge on any atom is 0.127 e. The van der Waals surface area contributed by atoms with Crippen LogP contribution in [0.2, 0.25) is 10.0 Å². The Labute approximate surface area is 129 Å². The molecule has 5 heteroatoms. The minimum atomic E-state index is -0.374. The minimum absolute atomic E-state index is 0.353. The third kappa shape index (κ3) is 3.48. The number of nitrogens with two attached hydrogens (primary N) is 1. The van der Waals surface area contributed by atoms with Gasteiger partial charge in [-0.25, -0.2) is 4.39 Å². The Morgan fingerprint density at radius 1 is 1.21 bits per heavy atom. The zero-order chi connectivity index (χ0) is 14.0. The summed E-state index contributed by atoms with van der Waals surface area (Å²) < 4.78 is 14.5. The van der Waals surface area contributed by atoms with E-state index in [1.807, 2.05) is 18.2 Å². The van der Waals surface area contributed by atoms with Gasteiger partial charge in [-0.1, -0.05) is 41.4 Å². The predicted molar refractivity (Wildman–Crippen MR) is 81.2 cm³/mol. The van der Waals surface area contributed by atoms with Gasteiger partial charge in [-0.15, -0.1) is 0 Å². The number of benzene rings is 2. The molecule has 0 amide bonds. The molecule has 0 heterocycles. The monoisotopic (exact) mass is 361 g/mol. The van der Waals surface area contributed by atoms with Crippen molar-refractivity contribution >= 4 is 39.1 Å². The first-order chi connectivity index (χ1) is 8.99. The van der Waals surface area contributed by atoms with Crippen LogP contribution in [0.25, 0.3) is 0 Å². The molecular formula is C14H11BrCl2FN. The molecule has 0 fully saturated rings. The molecule has 0 saturated heterocycles. The quantitative estimate of drug-likeness (QED) is 0.803. The number of rotatable bonds is 3. The van der Waals surface area contributed by atoms with Crippen LogP contribution >= 0.6 is 39.1 Å². The lowest BCUT2D eigenvalue weighted by atomic mass is 9.99. The van der Waals surface area contributed by atoms with Crippen molar-refractivity contribution in [3.63, 3.8) is 0 Å². The van der Waals surface area contributed by atoms with Gasteiger partial charge in [0.05, 0.1) is 5.02 Å². The van der Waals surface area contributed by atoms with E-state index < -0.39 is 0 Å². The van der Waals surface area contributed by atoms with Gasteiger partial charge >= 0.3 is 0 Å². The van der Waals surface area contributed by atoms with Crippen LogP contribution in [0.5, 0.6) is 0 Å². The Bertz CT molecular complexity index is 604. The average molecular weight is 363 g/mol. The van der Waals surface area contributed by atoms with Crippen molar-refractivity contribution in [3.8, 4) is 0 Å². The van der Waals surface area contributed by atoms with Crippen LogP contribution < -0.4 is 5.73 Å². The summed E-state index contributed by atoms with van der Waals surface area (Å²) in [7, 11) is 0. The van der Waals surface area contributed by atoms with E-state index in [0.29, 0.717) is 22.0 Å². The summed E-state index contributed by atoms with van der Waals surface area (Å²) in [5, 5.41) is 0.930. The van der Waals surface area contributed by atoms with Crippen LogP contribution in [0.3, 0.4) is 0 Å². The largest absolute Gasteiger partial charge is 0.324 e. The van der Waals surface area contributed by atoms with E-state index >= 15 is 0 Å². The summed E-state index contributed by atoms with van der Waals surface area (Å²) in [6.07, 6.45) is 0.360. The Hall–Kier alpha value is -0.610. The van der Waals surface area contributed by atoms with E-state index in [1.54, 1.807) is 12.1 Å². The molecule has 0 aromatic heterocycles. The Balaban J connectivity index is 2.25. The number of hydrogen-bond acceptors (Lipinski definition) is 1. The molecular weight excluding hydrogens is 352 g/mol. The summed E-state index contributed by atoms with van der Waals surface area (Å²) >= 11 is 15.2. The molecule has 100 valence electrons. The van der Waals surface area contributed by atoms with Gasteiger partial charge in [-0.2, -0.15) is 0 Å². The predicted octanol–water partition coefficient (Wildman–Crippen LogP) is 5.14. The zero-order valence-electron chi connectivity index (χ0n) is 9.84. The third-order valence-corrected chi connectivity index (χ3v) is 4.38. The summed E-state index contributed by atoms with van der Waals surface area (Å²) in [6.45, 7) is 0. The van der Waals surface area contributed by atoms with Gasteiger partial charge in [0, 0.05) is 15.5 Å². The molecule has 2 N–H and O–H groups in total. The lowest BCUT2D eigenvalue weighted by molar-refractivity contribution is 0.593. The first-order valence-electron chi connectivity index (χ1n) is 5.62. The maximum atomic E-state index is 13.7. The van der Waals surface area contributed by atoms with E-state index in [4.69, 9.17) is 28.9 Å². The standard InChI is InChI=1S/C14H11BrCl2FN/c15-11-3-1-2-10(14(11)17)13(19)6-8-4-5-9(16)7-12(8)18/h1-5,7,13H,6,19H2. The molecule has 19 heavy (non-hydrogen) atoms. The maximum absolute atomic E-state index is 13.7. The second-order valence-corrected chi connectivity index (χ2v) is 5.86. The van der Waals surface area contributed by atoms with E-state index in [2.05, 4.69) is 15.9 Å². The molecule has 1 nitrogen and oxygen atoms in total. The fraction of sp³-hybridized carbons (Fsp3) is 0.143. The fourth-order valence-corrected chi connectivity index (χ4v) is 2.65. The minimum Gasteiger partial charge on any atom is -0.324 e. The van der Waals surface area contributed by atoms with Crippen LogP contribution in [0.1, 0.15) is 17.2 Å². The lowest BCUT2D eigenvalue weighted by Gasteiger charge is -2.15. The molecule has 1 unspecified atom stereocenters. The molecule has 0 saturated carbocycles. The van der Waals surface area contributed by atoms with Gasteiger partial charge in [-0.3, -0.25) is 0 Å². The average Bonchev–Trinajstić information content (AvgIpc) is 2.36. The van der Waals surface area contributed by atoms with Gasteiger partial charge in [0.25, 0.3) is 0 Å². The first-order valence-corrected chi connectivity index (χ1v) is 7.17. The highest BCUT2D eigenvalue weighted by atomic mass is 79.9. The summed E-state index contributed by atoms with van der Waals surface area (Å²) in [5.74, 6) is -0.353. The van der Waals surface area contributed by atoms with Gasteiger partial charge in [0.2, 0.25) is 0 Å². The van der Waals surface area contributed by atoms with Crippen molar-refractivity contribution in [1.29, 1.82) is 0 Å². The molecule has 0 spiro atoms. The third-order valence-electron chi connectivity index (χ3n) is 2.84. The smallest absolute Gasteiger partial charge is 0.127 e. The van der Waals surface area contributed by atoms with Gasteiger partial charge in [-0.05, 0) is 51.7 Å². The SMILES string of the molecule is NC(Cc1ccc(Cl)cc1F)c1cccc(Br)c1Cl. The highest BCUT2D eigenvalue weighted by Crippen LogP contribution is 2.31. The Kier molecular flexibility index (Phi) is 4.85. The van der Waals surface area contributed by atoms with Crippen molar-refractivity contribution < 1.29 is 4.39 Å². The molecule has 0 aliphatic rings. The van der Waals surface area contributed by atoms with Crippen LogP contribution in [0.4, 0.5) is 4.39 Å². The van der Waals surface area contributed by atoms with E-state index in [9.17, 15) is 4.39 Å². The highest BCUT2D eigenvalue weighted by molar-refractivity contribution is 9.10. The van der Waals surface area contributed by atoms with Crippen molar-refractivity contribution in [3.05, 3.63) is 67.9 Å². The summed E-state index contributed by atoms with van der Waals surface area (Å²) in [4.78, 5) is 0. The lowest BCUT2D eigenvalue weighted by Crippen LogP contribution is -2.14.